The third kappa shape index (κ3) is 5.39. The van der Waals surface area contributed by atoms with Crippen molar-refractivity contribution in [1.82, 2.24) is 0 Å². The maximum absolute atomic E-state index is 12.9. The number of nitrogens with zero attached hydrogens (tertiary/aromatic N) is 1. The fourth-order valence-electron chi connectivity index (χ4n) is 1.82. The molecule has 0 atom stereocenters. The average molecular weight is 266 g/mol. The van der Waals surface area contributed by atoms with Gasteiger partial charge >= 0.3 is 0 Å². The van der Waals surface area contributed by atoms with Crippen LogP contribution in [0.25, 0.3) is 0 Å². The number of carbonyl (C=O) groups excluding carboxylic acids is 1. The average Bonchev–Trinajstić information content (AvgIpc) is 2.38. The van der Waals surface area contributed by atoms with E-state index in [2.05, 4.69) is 13.8 Å². The predicted molar refractivity (Wildman–Crippen MR) is 76.5 cm³/mol. The predicted octanol–water partition coefficient (Wildman–Crippen LogP) is 2.94. The maximum Gasteiger partial charge on any atom is 0.226 e. The zero-order valence-corrected chi connectivity index (χ0v) is 11.7. The minimum Gasteiger partial charge on any atom is -0.330 e. The van der Waals surface area contributed by atoms with Crippen LogP contribution in [0.5, 0.6) is 0 Å². The van der Waals surface area contributed by atoms with Gasteiger partial charge in [0.1, 0.15) is 5.82 Å². The van der Waals surface area contributed by atoms with E-state index in [1.54, 1.807) is 17.0 Å². The molecule has 0 saturated heterocycles. The summed E-state index contributed by atoms with van der Waals surface area (Å²) >= 11 is 0. The molecule has 19 heavy (non-hydrogen) atoms. The first-order valence-corrected chi connectivity index (χ1v) is 6.80. The molecule has 0 aliphatic carbocycles. The minimum absolute atomic E-state index is 0.0776. The van der Waals surface area contributed by atoms with E-state index in [0.717, 1.165) is 18.5 Å². The zero-order valence-electron chi connectivity index (χ0n) is 11.7. The second-order valence-corrected chi connectivity index (χ2v) is 5.10. The molecule has 0 aromatic heterocycles. The molecule has 0 aliphatic rings. The summed E-state index contributed by atoms with van der Waals surface area (Å²) in [7, 11) is 0. The van der Waals surface area contributed by atoms with Crippen molar-refractivity contribution >= 4 is 11.6 Å². The third-order valence-corrected chi connectivity index (χ3v) is 2.96. The van der Waals surface area contributed by atoms with Crippen molar-refractivity contribution in [2.45, 2.75) is 33.1 Å². The van der Waals surface area contributed by atoms with E-state index >= 15 is 0 Å². The van der Waals surface area contributed by atoms with Gasteiger partial charge in [0, 0.05) is 18.7 Å². The van der Waals surface area contributed by atoms with Crippen LogP contribution in [0.3, 0.4) is 0 Å². The maximum atomic E-state index is 12.9. The molecule has 0 fully saturated rings. The quantitative estimate of drug-likeness (QED) is 0.824. The van der Waals surface area contributed by atoms with Crippen LogP contribution in [0.1, 0.15) is 33.1 Å². The lowest BCUT2D eigenvalue weighted by atomic mass is 10.1. The van der Waals surface area contributed by atoms with Gasteiger partial charge in [0.25, 0.3) is 0 Å². The van der Waals surface area contributed by atoms with Gasteiger partial charge in [0.15, 0.2) is 0 Å². The number of rotatable bonds is 7. The Labute approximate surface area is 114 Å². The van der Waals surface area contributed by atoms with Crippen LogP contribution in [-0.2, 0) is 4.79 Å². The molecular formula is C15H23FN2O. The van der Waals surface area contributed by atoms with E-state index in [1.807, 2.05) is 0 Å². The second-order valence-electron chi connectivity index (χ2n) is 5.10. The topological polar surface area (TPSA) is 46.3 Å². The summed E-state index contributed by atoms with van der Waals surface area (Å²) in [6, 6.07) is 6.03. The summed E-state index contributed by atoms with van der Waals surface area (Å²) < 4.78 is 12.9. The molecule has 1 rings (SSSR count). The van der Waals surface area contributed by atoms with Crippen LogP contribution in [0.15, 0.2) is 24.3 Å². The molecule has 0 spiro atoms. The fourth-order valence-corrected chi connectivity index (χ4v) is 1.82. The number of carbonyl (C=O) groups is 1. The van der Waals surface area contributed by atoms with E-state index in [-0.39, 0.29) is 11.7 Å². The Balaban J connectivity index is 2.75. The summed E-state index contributed by atoms with van der Waals surface area (Å²) in [6.07, 6.45) is 2.11. The molecule has 1 aromatic rings. The summed E-state index contributed by atoms with van der Waals surface area (Å²) in [4.78, 5) is 13.9. The second kappa shape index (κ2) is 7.89. The molecular weight excluding hydrogens is 243 g/mol. The van der Waals surface area contributed by atoms with Crippen molar-refractivity contribution in [3.8, 4) is 0 Å². The van der Waals surface area contributed by atoms with Gasteiger partial charge in [-0.1, -0.05) is 13.8 Å². The highest BCUT2D eigenvalue weighted by molar-refractivity contribution is 5.93. The number of hydrogen-bond donors (Lipinski definition) is 1. The SMILES string of the molecule is CC(C)CCC(=O)N(CCCN)c1ccc(F)cc1. The van der Waals surface area contributed by atoms with Crippen molar-refractivity contribution < 1.29 is 9.18 Å². The van der Waals surface area contributed by atoms with Gasteiger partial charge < -0.3 is 10.6 Å². The summed E-state index contributed by atoms with van der Waals surface area (Å²) in [5, 5.41) is 0. The highest BCUT2D eigenvalue weighted by Crippen LogP contribution is 2.18. The van der Waals surface area contributed by atoms with Gasteiger partial charge in [0.2, 0.25) is 5.91 Å². The van der Waals surface area contributed by atoms with Crippen LogP contribution in [-0.4, -0.2) is 19.0 Å². The standard InChI is InChI=1S/C15H23FN2O/c1-12(2)4-9-15(19)18(11-3-10-17)14-7-5-13(16)6-8-14/h5-8,12H,3-4,9-11,17H2,1-2H3. The molecule has 0 aliphatic heterocycles. The molecule has 1 aromatic carbocycles. The minimum atomic E-state index is -0.294. The van der Waals surface area contributed by atoms with Crippen LogP contribution in [0, 0.1) is 11.7 Å². The lowest BCUT2D eigenvalue weighted by Crippen LogP contribution is -2.33. The van der Waals surface area contributed by atoms with Crippen molar-refractivity contribution in [2.75, 3.05) is 18.0 Å². The van der Waals surface area contributed by atoms with Crippen molar-refractivity contribution in [2.24, 2.45) is 11.7 Å². The van der Waals surface area contributed by atoms with Gasteiger partial charge in [-0.2, -0.15) is 0 Å². The van der Waals surface area contributed by atoms with Gasteiger partial charge in [-0.15, -0.1) is 0 Å². The first-order chi connectivity index (χ1) is 9.04. The molecule has 4 heteroatoms. The first kappa shape index (κ1) is 15.6. The van der Waals surface area contributed by atoms with Crippen LogP contribution >= 0.6 is 0 Å². The molecule has 0 heterocycles. The van der Waals surface area contributed by atoms with Gasteiger partial charge in [0.05, 0.1) is 0 Å². The summed E-state index contributed by atoms with van der Waals surface area (Å²) in [5.41, 5.74) is 6.24. The number of hydrogen-bond acceptors (Lipinski definition) is 2. The molecule has 2 N–H and O–H groups in total. The van der Waals surface area contributed by atoms with Crippen molar-refractivity contribution in [3.05, 3.63) is 30.1 Å². The number of halogens is 1. The van der Waals surface area contributed by atoms with E-state index in [4.69, 9.17) is 5.73 Å². The van der Waals surface area contributed by atoms with E-state index in [0.29, 0.717) is 25.4 Å². The molecule has 0 bridgehead atoms. The van der Waals surface area contributed by atoms with E-state index in [1.165, 1.54) is 12.1 Å². The summed E-state index contributed by atoms with van der Waals surface area (Å²) in [5.74, 6) is 0.277. The van der Waals surface area contributed by atoms with Crippen LogP contribution in [0.2, 0.25) is 0 Å². The molecule has 0 saturated carbocycles. The molecule has 106 valence electrons. The normalized spacial score (nSPS) is 10.8. The van der Waals surface area contributed by atoms with Crippen LogP contribution < -0.4 is 10.6 Å². The smallest absolute Gasteiger partial charge is 0.226 e. The van der Waals surface area contributed by atoms with E-state index in [9.17, 15) is 9.18 Å². The molecule has 0 unspecified atom stereocenters. The number of nitrogens with two attached hydrogens (primary N) is 1. The van der Waals surface area contributed by atoms with Crippen LogP contribution in [0.4, 0.5) is 10.1 Å². The Hall–Kier alpha value is -1.42. The largest absolute Gasteiger partial charge is 0.330 e. The van der Waals surface area contributed by atoms with Gasteiger partial charge in [-0.05, 0) is 49.6 Å². The Morgan fingerprint density at radius 1 is 1.32 bits per heavy atom. The number of amides is 1. The van der Waals surface area contributed by atoms with Crippen molar-refractivity contribution in [1.29, 1.82) is 0 Å². The third-order valence-electron chi connectivity index (χ3n) is 2.96. The molecule has 1 amide bonds. The Morgan fingerprint density at radius 3 is 2.47 bits per heavy atom. The lowest BCUT2D eigenvalue weighted by molar-refractivity contribution is -0.118. The monoisotopic (exact) mass is 266 g/mol. The summed E-state index contributed by atoms with van der Waals surface area (Å²) in [6.45, 7) is 5.30. The highest BCUT2D eigenvalue weighted by atomic mass is 19.1. The number of benzene rings is 1. The highest BCUT2D eigenvalue weighted by Gasteiger charge is 2.15. The Morgan fingerprint density at radius 2 is 1.95 bits per heavy atom. The number of anilines is 1. The Bertz CT molecular complexity index is 390. The molecule has 0 radical (unpaired) electrons. The Kier molecular flexibility index (Phi) is 6.50. The fraction of sp³-hybridized carbons (Fsp3) is 0.533. The first-order valence-electron chi connectivity index (χ1n) is 6.80. The van der Waals surface area contributed by atoms with E-state index < -0.39 is 0 Å². The lowest BCUT2D eigenvalue weighted by Gasteiger charge is -2.23. The van der Waals surface area contributed by atoms with Gasteiger partial charge in [-0.3, -0.25) is 4.79 Å². The zero-order chi connectivity index (χ0) is 14.3. The van der Waals surface area contributed by atoms with Crippen molar-refractivity contribution in [3.63, 3.8) is 0 Å². The molecule has 3 nitrogen and oxygen atoms in total. The van der Waals surface area contributed by atoms with Gasteiger partial charge in [-0.25, -0.2) is 4.39 Å².